The predicted molar refractivity (Wildman–Crippen MR) is 78.1 cm³/mol. The van der Waals surface area contributed by atoms with Gasteiger partial charge >= 0.3 is 5.97 Å². The third kappa shape index (κ3) is 4.05. The summed E-state index contributed by atoms with van der Waals surface area (Å²) < 4.78 is 5.36. The van der Waals surface area contributed by atoms with Crippen LogP contribution in [0.2, 0.25) is 0 Å². The smallest absolute Gasteiger partial charge is 0.304 e. The fourth-order valence-electron chi connectivity index (χ4n) is 2.75. The third-order valence-electron chi connectivity index (χ3n) is 3.93. The van der Waals surface area contributed by atoms with Crippen molar-refractivity contribution < 1.29 is 14.6 Å². The molecule has 4 nitrogen and oxygen atoms in total. The van der Waals surface area contributed by atoms with Crippen molar-refractivity contribution in [3.63, 3.8) is 0 Å². The van der Waals surface area contributed by atoms with Crippen LogP contribution in [0, 0.1) is 13.8 Å². The molecule has 20 heavy (non-hydrogen) atoms. The summed E-state index contributed by atoms with van der Waals surface area (Å²) in [5.41, 5.74) is 3.71. The van der Waals surface area contributed by atoms with Crippen molar-refractivity contribution in [1.29, 1.82) is 0 Å². The highest BCUT2D eigenvalue weighted by Crippen LogP contribution is 2.18. The molecule has 0 spiro atoms. The molecule has 4 heteroatoms. The van der Waals surface area contributed by atoms with Crippen LogP contribution in [0.1, 0.15) is 23.1 Å². The summed E-state index contributed by atoms with van der Waals surface area (Å²) in [6.07, 6.45) is 0.979. The lowest BCUT2D eigenvalue weighted by molar-refractivity contribution is -0.138. The van der Waals surface area contributed by atoms with Crippen molar-refractivity contribution in [2.24, 2.45) is 0 Å². The van der Waals surface area contributed by atoms with Gasteiger partial charge in [-0.25, -0.2) is 0 Å². The van der Waals surface area contributed by atoms with E-state index in [0.29, 0.717) is 13.2 Å². The maximum absolute atomic E-state index is 11.1. The second-order valence-electron chi connectivity index (χ2n) is 5.53. The topological polar surface area (TPSA) is 49.8 Å². The molecule has 2 rings (SSSR count). The van der Waals surface area contributed by atoms with E-state index in [1.165, 1.54) is 16.7 Å². The lowest BCUT2D eigenvalue weighted by atomic mass is 9.96. The van der Waals surface area contributed by atoms with Crippen LogP contribution in [-0.2, 0) is 16.0 Å². The minimum absolute atomic E-state index is 0.0527. The maximum atomic E-state index is 11.1. The van der Waals surface area contributed by atoms with Crippen molar-refractivity contribution in [2.75, 3.05) is 26.3 Å². The molecule has 0 aromatic heterocycles. The molecule has 0 radical (unpaired) electrons. The van der Waals surface area contributed by atoms with Crippen molar-refractivity contribution in [2.45, 2.75) is 32.7 Å². The lowest BCUT2D eigenvalue weighted by Gasteiger charge is -2.34. The van der Waals surface area contributed by atoms with E-state index < -0.39 is 5.97 Å². The van der Waals surface area contributed by atoms with Gasteiger partial charge in [0, 0.05) is 19.1 Å². The van der Waals surface area contributed by atoms with E-state index in [2.05, 4.69) is 36.9 Å². The van der Waals surface area contributed by atoms with Gasteiger partial charge in [-0.15, -0.1) is 0 Å². The zero-order valence-corrected chi connectivity index (χ0v) is 12.3. The van der Waals surface area contributed by atoms with E-state index in [9.17, 15) is 4.79 Å². The van der Waals surface area contributed by atoms with Crippen LogP contribution in [0.5, 0.6) is 0 Å². The molecule has 1 saturated heterocycles. The molecule has 1 aromatic rings. The highest BCUT2D eigenvalue weighted by Gasteiger charge is 2.24. The fraction of sp³-hybridized carbons (Fsp3) is 0.562. The number of carboxylic acids is 1. The number of rotatable bonds is 5. The standard InChI is InChI=1S/C16H23NO3/c1-12-3-4-13(2)14(9-12)10-15(11-16(18)19)17-5-7-20-8-6-17/h3-4,9,15H,5-8,10-11H2,1-2H3,(H,18,19). The number of aryl methyl sites for hydroxylation is 2. The minimum Gasteiger partial charge on any atom is -0.481 e. The van der Waals surface area contributed by atoms with Crippen molar-refractivity contribution in [3.05, 3.63) is 34.9 Å². The molecule has 1 N–H and O–H groups in total. The largest absolute Gasteiger partial charge is 0.481 e. The Morgan fingerprint density at radius 2 is 2.05 bits per heavy atom. The number of morpholine rings is 1. The number of aliphatic carboxylic acids is 1. The Kier molecular flexibility index (Phi) is 5.15. The van der Waals surface area contributed by atoms with Crippen LogP contribution < -0.4 is 0 Å². The molecule has 1 unspecified atom stereocenters. The van der Waals surface area contributed by atoms with Gasteiger partial charge < -0.3 is 9.84 Å². The molecular formula is C16H23NO3. The van der Waals surface area contributed by atoms with E-state index in [0.717, 1.165) is 19.5 Å². The zero-order chi connectivity index (χ0) is 14.5. The Balaban J connectivity index is 2.13. The number of hydrogen-bond acceptors (Lipinski definition) is 3. The summed E-state index contributed by atoms with van der Waals surface area (Å²) in [7, 11) is 0. The van der Waals surface area contributed by atoms with Crippen LogP contribution >= 0.6 is 0 Å². The molecule has 1 aliphatic rings. The van der Waals surface area contributed by atoms with Crippen LogP contribution in [0.15, 0.2) is 18.2 Å². The fourth-order valence-corrected chi connectivity index (χ4v) is 2.75. The summed E-state index contributed by atoms with van der Waals surface area (Å²) in [5, 5.41) is 9.16. The molecule has 1 aromatic carbocycles. The highest BCUT2D eigenvalue weighted by atomic mass is 16.5. The van der Waals surface area contributed by atoms with Crippen LogP contribution in [0.4, 0.5) is 0 Å². The van der Waals surface area contributed by atoms with Gasteiger partial charge in [0.1, 0.15) is 0 Å². The minimum atomic E-state index is -0.730. The summed E-state index contributed by atoms with van der Waals surface area (Å²) in [6.45, 7) is 7.20. The van der Waals surface area contributed by atoms with Gasteiger partial charge in [0.05, 0.1) is 19.6 Å². The summed E-state index contributed by atoms with van der Waals surface area (Å²) in [5.74, 6) is -0.730. The second kappa shape index (κ2) is 6.86. The van der Waals surface area contributed by atoms with E-state index in [4.69, 9.17) is 9.84 Å². The molecule has 1 fully saturated rings. The van der Waals surface area contributed by atoms with Gasteiger partial charge in [-0.2, -0.15) is 0 Å². The number of nitrogens with zero attached hydrogens (tertiary/aromatic N) is 1. The molecule has 0 bridgehead atoms. The Labute approximate surface area is 120 Å². The number of ether oxygens (including phenoxy) is 1. The summed E-state index contributed by atoms with van der Waals surface area (Å²) >= 11 is 0. The van der Waals surface area contributed by atoms with Gasteiger partial charge in [0.25, 0.3) is 0 Å². The first-order chi connectivity index (χ1) is 9.56. The van der Waals surface area contributed by atoms with Gasteiger partial charge in [0.15, 0.2) is 0 Å². The molecule has 110 valence electrons. The highest BCUT2D eigenvalue weighted by molar-refractivity contribution is 5.67. The number of benzene rings is 1. The molecule has 1 atom stereocenters. The predicted octanol–water partition coefficient (Wildman–Crippen LogP) is 2.02. The van der Waals surface area contributed by atoms with Gasteiger partial charge in [-0.05, 0) is 31.4 Å². The van der Waals surface area contributed by atoms with Crippen molar-refractivity contribution in [1.82, 2.24) is 4.90 Å². The first kappa shape index (κ1) is 15.0. The molecule has 1 heterocycles. The third-order valence-corrected chi connectivity index (χ3v) is 3.93. The molecule has 0 saturated carbocycles. The molecule has 0 aliphatic carbocycles. The Morgan fingerprint density at radius 1 is 1.35 bits per heavy atom. The maximum Gasteiger partial charge on any atom is 0.304 e. The SMILES string of the molecule is Cc1ccc(C)c(CC(CC(=O)O)N2CCOCC2)c1. The summed E-state index contributed by atoms with van der Waals surface area (Å²) in [4.78, 5) is 13.4. The van der Waals surface area contributed by atoms with Crippen LogP contribution in [-0.4, -0.2) is 48.3 Å². The van der Waals surface area contributed by atoms with Crippen molar-refractivity contribution in [3.8, 4) is 0 Å². The molecular weight excluding hydrogens is 254 g/mol. The number of carbonyl (C=O) groups is 1. The molecule has 0 amide bonds. The monoisotopic (exact) mass is 277 g/mol. The Hall–Kier alpha value is -1.39. The van der Waals surface area contributed by atoms with E-state index >= 15 is 0 Å². The van der Waals surface area contributed by atoms with Crippen LogP contribution in [0.3, 0.4) is 0 Å². The zero-order valence-electron chi connectivity index (χ0n) is 12.3. The van der Waals surface area contributed by atoms with Crippen LogP contribution in [0.25, 0.3) is 0 Å². The van der Waals surface area contributed by atoms with Gasteiger partial charge in [-0.3, -0.25) is 9.69 Å². The average molecular weight is 277 g/mol. The summed E-state index contributed by atoms with van der Waals surface area (Å²) in [6, 6.07) is 6.43. The van der Waals surface area contributed by atoms with Gasteiger partial charge in [0.2, 0.25) is 0 Å². The van der Waals surface area contributed by atoms with Crippen molar-refractivity contribution >= 4 is 5.97 Å². The van der Waals surface area contributed by atoms with Gasteiger partial charge in [-0.1, -0.05) is 23.8 Å². The quantitative estimate of drug-likeness (QED) is 0.894. The van der Waals surface area contributed by atoms with E-state index in [-0.39, 0.29) is 12.5 Å². The van der Waals surface area contributed by atoms with E-state index in [1.807, 2.05) is 0 Å². The Morgan fingerprint density at radius 3 is 2.70 bits per heavy atom. The second-order valence-corrected chi connectivity index (χ2v) is 5.53. The lowest BCUT2D eigenvalue weighted by Crippen LogP contribution is -2.45. The first-order valence-corrected chi connectivity index (χ1v) is 7.16. The Bertz CT molecular complexity index is 467. The normalized spacial score (nSPS) is 17.9. The average Bonchev–Trinajstić information content (AvgIpc) is 2.42. The number of carboxylic acid groups (broad SMARTS) is 1. The first-order valence-electron chi connectivity index (χ1n) is 7.16. The number of hydrogen-bond donors (Lipinski definition) is 1. The van der Waals surface area contributed by atoms with E-state index in [1.54, 1.807) is 0 Å². The molecule has 1 aliphatic heterocycles.